The van der Waals surface area contributed by atoms with Gasteiger partial charge in [0.1, 0.15) is 0 Å². The Balaban J connectivity index is 0.000000251. The molecular weight excluding hydrogens is 528 g/mol. The molecule has 1 heteroatoms. The summed E-state index contributed by atoms with van der Waals surface area (Å²) in [5, 5.41) is 5.49. The van der Waals surface area contributed by atoms with Crippen molar-refractivity contribution in [3.05, 3.63) is 153 Å². The summed E-state index contributed by atoms with van der Waals surface area (Å²) in [6.45, 7) is 11.0. The maximum absolute atomic E-state index is 4.72. The van der Waals surface area contributed by atoms with E-state index in [9.17, 15) is 0 Å². The number of hydrogen-bond donors (Lipinski definition) is 0. The van der Waals surface area contributed by atoms with Crippen LogP contribution in [0.2, 0.25) is 0 Å². The van der Waals surface area contributed by atoms with Gasteiger partial charge in [-0.1, -0.05) is 118 Å². The Kier molecular flexibility index (Phi) is 14.3. The van der Waals surface area contributed by atoms with Crippen molar-refractivity contribution < 1.29 is 21.7 Å². The van der Waals surface area contributed by atoms with Crippen molar-refractivity contribution in [2.75, 3.05) is 0 Å². The Labute approximate surface area is 263 Å². The van der Waals surface area contributed by atoms with Gasteiger partial charge in [0.25, 0.3) is 0 Å². The molecule has 0 atom stereocenters. The van der Waals surface area contributed by atoms with Crippen molar-refractivity contribution in [1.82, 2.24) is 0 Å². The van der Waals surface area contributed by atoms with Gasteiger partial charge in [0.05, 0.1) is 0 Å². The molecule has 0 radical (unpaired) electrons. The van der Waals surface area contributed by atoms with Crippen molar-refractivity contribution in [1.29, 1.82) is 0 Å². The molecule has 0 saturated heterocycles. The molecule has 41 heavy (non-hydrogen) atoms. The quantitative estimate of drug-likeness (QED) is 0.138. The summed E-state index contributed by atoms with van der Waals surface area (Å²) in [5.41, 5.74) is 8.20. The number of benzene rings is 4. The predicted molar refractivity (Wildman–Crippen MR) is 179 cm³/mol. The van der Waals surface area contributed by atoms with Gasteiger partial charge in [0.2, 0.25) is 0 Å². The molecule has 0 fully saturated rings. The fourth-order valence-corrected chi connectivity index (χ4v) is 5.20. The van der Waals surface area contributed by atoms with E-state index < -0.39 is 0 Å². The van der Waals surface area contributed by atoms with Crippen LogP contribution in [0.25, 0.3) is 43.8 Å². The van der Waals surface area contributed by atoms with E-state index in [0.29, 0.717) is 0 Å². The second-order valence-electron chi connectivity index (χ2n) is 9.91. The average Bonchev–Trinajstić information content (AvgIpc) is 3.58. The van der Waals surface area contributed by atoms with Gasteiger partial charge in [-0.3, -0.25) is 6.08 Å². The molecular formula is C40H42Ti. The molecule has 0 nitrogen and oxygen atoms in total. The standard InChI is InChI=1S/2C18H17.C3H5.CH3.Ti/c2*1-2-7-14-12-16-10-6-11-17(18(16)13-14)15-8-4-3-5-9-15;1-3-2;;/h2*3-6,8-13H,2,7H2,1H3;1,3H,2H3;1H3;/q4*-1;+4. The van der Waals surface area contributed by atoms with Crippen LogP contribution in [0.4, 0.5) is 0 Å². The monoisotopic (exact) mass is 570 g/mol. The summed E-state index contributed by atoms with van der Waals surface area (Å²) in [6.07, 6.45) is 6.25. The fraction of sp³-hybridized carbons (Fsp3) is 0.175. The minimum atomic E-state index is 0. The Morgan fingerprint density at radius 2 is 0.951 bits per heavy atom. The molecule has 0 N–H and O–H groups in total. The van der Waals surface area contributed by atoms with Gasteiger partial charge in [-0.2, -0.15) is 12.1 Å². The molecule has 0 aliphatic rings. The maximum Gasteiger partial charge on any atom is 4.00 e. The van der Waals surface area contributed by atoms with Crippen LogP contribution in [0.5, 0.6) is 0 Å². The van der Waals surface area contributed by atoms with E-state index in [4.69, 9.17) is 6.58 Å². The zero-order valence-corrected chi connectivity index (χ0v) is 26.6. The first-order chi connectivity index (χ1) is 19.2. The van der Waals surface area contributed by atoms with Crippen LogP contribution in [0, 0.1) is 14.0 Å². The zero-order chi connectivity index (χ0) is 27.5. The summed E-state index contributed by atoms with van der Waals surface area (Å²) in [6, 6.07) is 43.8. The number of fused-ring (bicyclic) bond motifs is 2. The molecule has 6 aromatic carbocycles. The summed E-state index contributed by atoms with van der Waals surface area (Å²) in [7, 11) is 0. The molecule has 0 aliphatic carbocycles. The van der Waals surface area contributed by atoms with Crippen LogP contribution in [0.15, 0.2) is 127 Å². The first-order valence-corrected chi connectivity index (χ1v) is 14.2. The topological polar surface area (TPSA) is 0 Å². The van der Waals surface area contributed by atoms with E-state index in [2.05, 4.69) is 135 Å². The third-order valence-corrected chi connectivity index (χ3v) is 6.87. The van der Waals surface area contributed by atoms with Gasteiger partial charge in [-0.25, -0.2) is 0 Å². The molecule has 0 spiro atoms. The predicted octanol–water partition coefficient (Wildman–Crippen LogP) is 11.8. The van der Waals surface area contributed by atoms with E-state index in [0.717, 1.165) is 0 Å². The van der Waals surface area contributed by atoms with E-state index in [-0.39, 0.29) is 29.1 Å². The number of aryl methyl sites for hydroxylation is 2. The molecule has 0 aromatic heterocycles. The molecule has 6 rings (SSSR count). The summed E-state index contributed by atoms with van der Waals surface area (Å²) in [5.74, 6) is 0. The Morgan fingerprint density at radius 1 is 0.585 bits per heavy atom. The second kappa shape index (κ2) is 17.4. The number of rotatable bonds is 6. The largest absolute Gasteiger partial charge is 4.00 e. The molecule has 6 aromatic rings. The second-order valence-corrected chi connectivity index (χ2v) is 9.91. The normalized spacial score (nSPS) is 9.93. The SMILES string of the molecule is CCCc1cc2c(-c3ccccc3)cccc2[cH-]1.CCCc1cc2c(-c3ccccc3)cccc2[cH-]1.[CH-]=CC.[CH3-].[Ti+4]. The van der Waals surface area contributed by atoms with E-state index in [1.54, 1.807) is 6.92 Å². The van der Waals surface area contributed by atoms with Crippen molar-refractivity contribution >= 4 is 21.5 Å². The smallest absolute Gasteiger partial charge is 0.518 e. The van der Waals surface area contributed by atoms with Crippen LogP contribution in [0.1, 0.15) is 44.7 Å². The molecule has 0 bridgehead atoms. The molecule has 0 saturated carbocycles. The summed E-state index contributed by atoms with van der Waals surface area (Å²) < 4.78 is 0. The van der Waals surface area contributed by atoms with E-state index in [1.807, 2.05) is 0 Å². The first-order valence-electron chi connectivity index (χ1n) is 14.2. The number of allylic oxidation sites excluding steroid dienone is 1. The zero-order valence-electron chi connectivity index (χ0n) is 25.0. The van der Waals surface area contributed by atoms with Crippen LogP contribution >= 0.6 is 0 Å². The van der Waals surface area contributed by atoms with Gasteiger partial charge in [0, 0.05) is 0 Å². The van der Waals surface area contributed by atoms with Gasteiger partial charge in [0.15, 0.2) is 0 Å². The van der Waals surface area contributed by atoms with Gasteiger partial charge in [-0.15, -0.1) is 69.1 Å². The molecule has 0 aliphatic heterocycles. The van der Waals surface area contributed by atoms with Crippen LogP contribution in [-0.2, 0) is 34.6 Å². The third kappa shape index (κ3) is 8.77. The Bertz CT molecular complexity index is 1460. The van der Waals surface area contributed by atoms with Gasteiger partial charge < -0.3 is 14.0 Å². The van der Waals surface area contributed by atoms with Crippen molar-refractivity contribution in [3.63, 3.8) is 0 Å². The minimum Gasteiger partial charge on any atom is -0.518 e. The van der Waals surface area contributed by atoms with Gasteiger partial charge >= 0.3 is 21.7 Å². The van der Waals surface area contributed by atoms with Gasteiger partial charge in [-0.05, 0) is 24.0 Å². The molecule has 0 amide bonds. The Hall–Kier alpha value is -3.45. The third-order valence-electron chi connectivity index (χ3n) is 6.87. The molecule has 0 heterocycles. The first kappa shape index (κ1) is 33.8. The van der Waals surface area contributed by atoms with Crippen molar-refractivity contribution in [2.45, 2.75) is 46.5 Å². The average molecular weight is 571 g/mol. The van der Waals surface area contributed by atoms with Crippen LogP contribution in [-0.4, -0.2) is 0 Å². The minimum absolute atomic E-state index is 0. The van der Waals surface area contributed by atoms with Crippen LogP contribution in [0.3, 0.4) is 0 Å². The van der Waals surface area contributed by atoms with Crippen molar-refractivity contribution in [3.8, 4) is 22.3 Å². The maximum atomic E-state index is 4.72. The van der Waals surface area contributed by atoms with E-state index >= 15 is 0 Å². The Morgan fingerprint density at radius 3 is 1.29 bits per heavy atom. The van der Waals surface area contributed by atoms with Crippen molar-refractivity contribution in [2.24, 2.45) is 0 Å². The molecule has 0 unspecified atom stereocenters. The summed E-state index contributed by atoms with van der Waals surface area (Å²) in [4.78, 5) is 0. The number of hydrogen-bond acceptors (Lipinski definition) is 0. The van der Waals surface area contributed by atoms with Crippen LogP contribution < -0.4 is 0 Å². The van der Waals surface area contributed by atoms with E-state index in [1.165, 1.54) is 86.7 Å². The fourth-order valence-electron chi connectivity index (χ4n) is 5.20. The molecule has 206 valence electrons. The summed E-state index contributed by atoms with van der Waals surface area (Å²) >= 11 is 0.